The van der Waals surface area contributed by atoms with Gasteiger partial charge in [0.25, 0.3) is 0 Å². The highest BCUT2D eigenvalue weighted by Gasteiger charge is 2.15. The lowest BCUT2D eigenvalue weighted by molar-refractivity contribution is -0.116. The highest BCUT2D eigenvalue weighted by atomic mass is 32.1. The molecule has 0 aliphatic carbocycles. The summed E-state index contributed by atoms with van der Waals surface area (Å²) in [5.74, 6) is 0.728. The van der Waals surface area contributed by atoms with Crippen molar-refractivity contribution < 1.29 is 9.53 Å². The van der Waals surface area contributed by atoms with Crippen LogP contribution in [0.2, 0.25) is 0 Å². The van der Waals surface area contributed by atoms with Gasteiger partial charge in [0.15, 0.2) is 0 Å². The Hall–Kier alpha value is -2.11. The van der Waals surface area contributed by atoms with Crippen molar-refractivity contribution in [3.63, 3.8) is 0 Å². The molecule has 2 aromatic rings. The van der Waals surface area contributed by atoms with Crippen LogP contribution >= 0.6 is 11.3 Å². The second kappa shape index (κ2) is 8.50. The fourth-order valence-electron chi connectivity index (χ4n) is 2.25. The van der Waals surface area contributed by atoms with Gasteiger partial charge < -0.3 is 15.0 Å². The predicted octanol–water partition coefficient (Wildman–Crippen LogP) is 3.19. The molecule has 1 N–H and O–H groups in total. The molecule has 0 bridgehead atoms. The van der Waals surface area contributed by atoms with Gasteiger partial charge in [0.1, 0.15) is 5.75 Å². The number of hydrogen-bond acceptors (Lipinski definition) is 4. The fourth-order valence-corrected chi connectivity index (χ4v) is 2.87. The van der Waals surface area contributed by atoms with E-state index in [-0.39, 0.29) is 11.9 Å². The highest BCUT2D eigenvalue weighted by molar-refractivity contribution is 7.10. The summed E-state index contributed by atoms with van der Waals surface area (Å²) in [5.41, 5.74) is 1.11. The molecule has 0 aliphatic heterocycles. The molecule has 0 saturated carbocycles. The van der Waals surface area contributed by atoms with E-state index in [9.17, 15) is 4.79 Å². The summed E-state index contributed by atoms with van der Waals surface area (Å²) in [4.78, 5) is 15.1. The zero-order valence-corrected chi connectivity index (χ0v) is 14.5. The summed E-state index contributed by atoms with van der Waals surface area (Å²) in [7, 11) is 5.65. The van der Waals surface area contributed by atoms with Crippen molar-refractivity contribution in [3.05, 3.63) is 58.3 Å². The fraction of sp³-hybridized carbons (Fsp3) is 0.278. The Morgan fingerprint density at radius 3 is 2.83 bits per heavy atom. The Balaban J connectivity index is 1.98. The SMILES string of the molecule is COc1cccc(C(CNC(=O)C=Cc2cccs2)N(C)C)c1. The average Bonchev–Trinajstić information content (AvgIpc) is 3.06. The maximum Gasteiger partial charge on any atom is 0.244 e. The van der Waals surface area contributed by atoms with Gasteiger partial charge in [-0.15, -0.1) is 11.3 Å². The number of hydrogen-bond donors (Lipinski definition) is 1. The van der Waals surface area contributed by atoms with Crippen LogP contribution in [0, 0.1) is 0 Å². The van der Waals surface area contributed by atoms with Gasteiger partial charge in [0.2, 0.25) is 5.91 Å². The standard InChI is InChI=1S/C18H22N2O2S/c1-20(2)17(14-6-4-7-15(12-14)22-3)13-19-18(21)10-9-16-8-5-11-23-16/h4-12,17H,13H2,1-3H3,(H,19,21). The lowest BCUT2D eigenvalue weighted by atomic mass is 10.1. The van der Waals surface area contributed by atoms with Crippen molar-refractivity contribution >= 4 is 23.3 Å². The van der Waals surface area contributed by atoms with Crippen molar-refractivity contribution in [2.75, 3.05) is 27.7 Å². The number of carbonyl (C=O) groups is 1. The number of amides is 1. The zero-order valence-electron chi connectivity index (χ0n) is 13.7. The number of benzene rings is 1. The summed E-state index contributed by atoms with van der Waals surface area (Å²) < 4.78 is 5.27. The number of nitrogens with one attached hydrogen (secondary N) is 1. The van der Waals surface area contributed by atoms with Crippen LogP contribution in [-0.2, 0) is 4.79 Å². The molecule has 0 radical (unpaired) electrons. The van der Waals surface area contributed by atoms with Crippen molar-refractivity contribution in [2.24, 2.45) is 0 Å². The van der Waals surface area contributed by atoms with E-state index in [0.717, 1.165) is 16.2 Å². The van der Waals surface area contributed by atoms with E-state index in [1.165, 1.54) is 0 Å². The molecular formula is C18H22N2O2S. The molecule has 2 rings (SSSR count). The Labute approximate surface area is 141 Å². The average molecular weight is 330 g/mol. The molecule has 0 saturated heterocycles. The second-order valence-corrected chi connectivity index (χ2v) is 6.33. The van der Waals surface area contributed by atoms with Crippen LogP contribution in [0.25, 0.3) is 6.08 Å². The van der Waals surface area contributed by atoms with Gasteiger partial charge in [-0.2, -0.15) is 0 Å². The topological polar surface area (TPSA) is 41.6 Å². The first-order valence-corrected chi connectivity index (χ1v) is 8.28. The van der Waals surface area contributed by atoms with Crippen molar-refractivity contribution in [1.29, 1.82) is 0 Å². The van der Waals surface area contributed by atoms with Crippen LogP contribution in [-0.4, -0.2) is 38.6 Å². The molecule has 1 amide bonds. The summed E-state index contributed by atoms with van der Waals surface area (Å²) in [6.07, 6.45) is 3.40. The highest BCUT2D eigenvalue weighted by Crippen LogP contribution is 2.22. The van der Waals surface area contributed by atoms with E-state index < -0.39 is 0 Å². The maximum atomic E-state index is 12.0. The lowest BCUT2D eigenvalue weighted by Gasteiger charge is -2.25. The van der Waals surface area contributed by atoms with Gasteiger partial charge in [-0.05, 0) is 49.3 Å². The Morgan fingerprint density at radius 2 is 2.17 bits per heavy atom. The first-order chi connectivity index (χ1) is 11.1. The Kier molecular flexibility index (Phi) is 6.38. The van der Waals surface area contributed by atoms with Gasteiger partial charge in [0.05, 0.1) is 13.2 Å². The maximum absolute atomic E-state index is 12.0. The minimum atomic E-state index is -0.0897. The number of nitrogens with zero attached hydrogens (tertiary/aromatic N) is 1. The zero-order chi connectivity index (χ0) is 16.7. The first kappa shape index (κ1) is 17.2. The van der Waals surface area contributed by atoms with Crippen molar-refractivity contribution in [1.82, 2.24) is 10.2 Å². The van der Waals surface area contributed by atoms with Gasteiger partial charge in [-0.3, -0.25) is 4.79 Å². The largest absolute Gasteiger partial charge is 0.497 e. The van der Waals surface area contributed by atoms with Crippen LogP contribution in [0.4, 0.5) is 0 Å². The molecule has 1 atom stereocenters. The van der Waals surface area contributed by atoms with E-state index in [2.05, 4.69) is 10.2 Å². The predicted molar refractivity (Wildman–Crippen MR) is 95.8 cm³/mol. The lowest BCUT2D eigenvalue weighted by Crippen LogP contribution is -2.33. The van der Waals surface area contributed by atoms with Crippen LogP contribution in [0.5, 0.6) is 5.75 Å². The molecular weight excluding hydrogens is 308 g/mol. The van der Waals surface area contributed by atoms with Crippen LogP contribution < -0.4 is 10.1 Å². The molecule has 1 unspecified atom stereocenters. The summed E-state index contributed by atoms with van der Waals surface area (Å²) in [5, 5.41) is 4.95. The van der Waals surface area contributed by atoms with E-state index in [0.29, 0.717) is 6.54 Å². The number of likely N-dealkylation sites (N-methyl/N-ethyl adjacent to an activating group) is 1. The molecule has 122 valence electrons. The second-order valence-electron chi connectivity index (χ2n) is 5.35. The first-order valence-electron chi connectivity index (χ1n) is 7.40. The van der Waals surface area contributed by atoms with Gasteiger partial charge in [-0.1, -0.05) is 18.2 Å². The Bertz CT molecular complexity index is 651. The van der Waals surface area contributed by atoms with Crippen LogP contribution in [0.3, 0.4) is 0 Å². The van der Waals surface area contributed by atoms with E-state index >= 15 is 0 Å². The van der Waals surface area contributed by atoms with Crippen LogP contribution in [0.15, 0.2) is 47.9 Å². The summed E-state index contributed by atoms with van der Waals surface area (Å²) in [6.45, 7) is 0.535. The molecule has 1 heterocycles. The third-order valence-electron chi connectivity index (χ3n) is 3.51. The van der Waals surface area contributed by atoms with E-state index in [4.69, 9.17) is 4.74 Å². The Morgan fingerprint density at radius 1 is 1.35 bits per heavy atom. The number of carbonyl (C=O) groups excluding carboxylic acids is 1. The molecule has 0 fully saturated rings. The normalized spacial score (nSPS) is 12.5. The number of methoxy groups -OCH3 is 1. The monoisotopic (exact) mass is 330 g/mol. The number of thiophene rings is 1. The van der Waals surface area contributed by atoms with E-state index in [1.807, 2.05) is 61.9 Å². The number of ether oxygens (including phenoxy) is 1. The smallest absolute Gasteiger partial charge is 0.244 e. The van der Waals surface area contributed by atoms with Gasteiger partial charge >= 0.3 is 0 Å². The van der Waals surface area contributed by atoms with Crippen molar-refractivity contribution in [2.45, 2.75) is 6.04 Å². The summed E-state index contributed by atoms with van der Waals surface area (Å²) in [6, 6.07) is 11.9. The molecule has 1 aromatic carbocycles. The van der Waals surface area contributed by atoms with Gasteiger partial charge in [0, 0.05) is 17.5 Å². The quantitative estimate of drug-likeness (QED) is 0.793. The molecule has 1 aromatic heterocycles. The minimum Gasteiger partial charge on any atom is -0.497 e. The van der Waals surface area contributed by atoms with Crippen molar-refractivity contribution in [3.8, 4) is 5.75 Å². The summed E-state index contributed by atoms with van der Waals surface area (Å²) >= 11 is 1.61. The van der Waals surface area contributed by atoms with E-state index in [1.54, 1.807) is 24.5 Å². The molecule has 0 aliphatic rings. The molecule has 0 spiro atoms. The number of rotatable bonds is 7. The molecule has 23 heavy (non-hydrogen) atoms. The van der Waals surface area contributed by atoms with Gasteiger partial charge in [-0.25, -0.2) is 0 Å². The molecule has 4 nitrogen and oxygen atoms in total. The third kappa shape index (κ3) is 5.23. The minimum absolute atomic E-state index is 0.0872. The molecule has 5 heteroatoms. The third-order valence-corrected chi connectivity index (χ3v) is 4.35. The van der Waals surface area contributed by atoms with Crippen LogP contribution in [0.1, 0.15) is 16.5 Å².